The van der Waals surface area contributed by atoms with Crippen molar-refractivity contribution in [2.75, 3.05) is 0 Å². The van der Waals surface area contributed by atoms with E-state index < -0.39 is 6.04 Å². The van der Waals surface area contributed by atoms with Crippen molar-refractivity contribution >= 4 is 5.78 Å². The number of hydrogen-bond acceptors (Lipinski definition) is 4. The molecule has 0 saturated heterocycles. The number of carbonyl (C=O) groups excluding carboxylic acids is 1. The summed E-state index contributed by atoms with van der Waals surface area (Å²) in [5, 5.41) is 0. The number of ketones is 1. The highest BCUT2D eigenvalue weighted by Gasteiger charge is 2.26. The van der Waals surface area contributed by atoms with E-state index >= 15 is 0 Å². The summed E-state index contributed by atoms with van der Waals surface area (Å²) in [7, 11) is 0. The second-order valence-electron chi connectivity index (χ2n) is 10.8. The van der Waals surface area contributed by atoms with Gasteiger partial charge in [0.2, 0.25) is 0 Å². The van der Waals surface area contributed by atoms with Crippen LogP contribution in [0.1, 0.15) is 27.8 Å². The Labute approximate surface area is 255 Å². The van der Waals surface area contributed by atoms with Gasteiger partial charge in [0.05, 0.1) is 6.04 Å². The zero-order valence-electron chi connectivity index (χ0n) is 24.4. The Morgan fingerprint density at radius 1 is 0.605 bits per heavy atom. The van der Waals surface area contributed by atoms with Gasteiger partial charge in [-0.2, -0.15) is 0 Å². The van der Waals surface area contributed by atoms with Crippen LogP contribution in [0.5, 0.6) is 5.75 Å². The Bertz CT molecular complexity index is 1530. The van der Waals surface area contributed by atoms with E-state index in [9.17, 15) is 4.79 Å². The Hall–Kier alpha value is -4.93. The first-order chi connectivity index (χ1) is 21.1. The van der Waals surface area contributed by atoms with Gasteiger partial charge in [-0.3, -0.25) is 9.69 Å². The molecule has 4 heteroatoms. The topological polar surface area (TPSA) is 55.6 Å². The second kappa shape index (κ2) is 15.3. The molecule has 0 unspecified atom stereocenters. The van der Waals surface area contributed by atoms with Gasteiger partial charge in [-0.15, -0.1) is 0 Å². The van der Waals surface area contributed by atoms with Crippen LogP contribution in [-0.4, -0.2) is 16.7 Å². The van der Waals surface area contributed by atoms with Crippen molar-refractivity contribution in [2.45, 2.75) is 38.6 Å². The fourth-order valence-corrected chi connectivity index (χ4v) is 5.17. The SMILES string of the molecule is NC(=CC(=O)[C@H](Cc1ccc(OCc2ccccc2)cc1)N(Cc1ccccc1)Cc1ccccc1)Cc1ccccc1. The first-order valence-corrected chi connectivity index (χ1v) is 14.7. The van der Waals surface area contributed by atoms with Crippen molar-refractivity contribution < 1.29 is 9.53 Å². The van der Waals surface area contributed by atoms with Crippen molar-refractivity contribution in [3.63, 3.8) is 0 Å². The number of nitrogens with two attached hydrogens (primary N) is 1. The van der Waals surface area contributed by atoms with E-state index in [1.807, 2.05) is 97.1 Å². The minimum absolute atomic E-state index is 0.00435. The fraction of sp³-hybridized carbons (Fsp3) is 0.154. The van der Waals surface area contributed by atoms with Gasteiger partial charge in [-0.05, 0) is 46.4 Å². The van der Waals surface area contributed by atoms with Crippen molar-refractivity contribution in [1.82, 2.24) is 4.90 Å². The lowest BCUT2D eigenvalue weighted by molar-refractivity contribution is -0.120. The van der Waals surface area contributed by atoms with Gasteiger partial charge < -0.3 is 10.5 Å². The molecule has 43 heavy (non-hydrogen) atoms. The number of hydrogen-bond donors (Lipinski definition) is 1. The highest BCUT2D eigenvalue weighted by atomic mass is 16.5. The third kappa shape index (κ3) is 9.29. The average molecular weight is 567 g/mol. The van der Waals surface area contributed by atoms with Gasteiger partial charge in [0, 0.05) is 31.3 Å². The zero-order chi connectivity index (χ0) is 29.7. The normalized spacial score (nSPS) is 12.2. The van der Waals surface area contributed by atoms with Crippen molar-refractivity contribution in [2.24, 2.45) is 5.73 Å². The molecule has 0 saturated carbocycles. The van der Waals surface area contributed by atoms with Gasteiger partial charge in [0.25, 0.3) is 0 Å². The predicted molar refractivity (Wildman–Crippen MR) is 174 cm³/mol. The van der Waals surface area contributed by atoms with E-state index in [1.54, 1.807) is 6.08 Å². The van der Waals surface area contributed by atoms with Crippen LogP contribution in [0.25, 0.3) is 0 Å². The molecular formula is C39H38N2O2. The summed E-state index contributed by atoms with van der Waals surface area (Å²) in [4.78, 5) is 16.3. The first kappa shape index (κ1) is 29.6. The number of rotatable bonds is 14. The summed E-state index contributed by atoms with van der Waals surface area (Å²) >= 11 is 0. The quantitative estimate of drug-likeness (QED) is 0.141. The summed E-state index contributed by atoms with van der Waals surface area (Å²) in [5.74, 6) is 0.803. The van der Waals surface area contributed by atoms with Gasteiger partial charge >= 0.3 is 0 Å². The zero-order valence-corrected chi connectivity index (χ0v) is 24.4. The standard InChI is InChI=1S/C39H38N2O2/c40-36(25-31-13-5-1-6-14-31)27-39(42)38(26-32-21-23-37(24-22-32)43-30-35-19-11-4-12-20-35)41(28-33-15-7-2-8-16-33)29-34-17-9-3-10-18-34/h1-24,27,38H,25-26,28-30,40H2/t38-/m0/s1. The van der Waals surface area contributed by atoms with Gasteiger partial charge in [-0.25, -0.2) is 0 Å². The summed E-state index contributed by atoms with van der Waals surface area (Å²) in [6.07, 6.45) is 2.72. The van der Waals surface area contributed by atoms with Gasteiger partial charge in [-0.1, -0.05) is 133 Å². The van der Waals surface area contributed by atoms with Crippen LogP contribution in [0.15, 0.2) is 157 Å². The molecule has 216 valence electrons. The lowest BCUT2D eigenvalue weighted by Crippen LogP contribution is -2.41. The molecule has 0 aliphatic heterocycles. The van der Waals surface area contributed by atoms with E-state index in [0.29, 0.717) is 38.2 Å². The van der Waals surface area contributed by atoms with Crippen molar-refractivity contribution in [3.8, 4) is 5.75 Å². The minimum atomic E-state index is -0.411. The number of benzene rings is 5. The van der Waals surface area contributed by atoms with Gasteiger partial charge in [0.1, 0.15) is 12.4 Å². The molecule has 5 aromatic carbocycles. The molecule has 1 atom stereocenters. The fourth-order valence-electron chi connectivity index (χ4n) is 5.17. The summed E-state index contributed by atoms with van der Waals surface area (Å²) in [6.45, 7) is 1.78. The second-order valence-corrected chi connectivity index (χ2v) is 10.8. The molecule has 0 amide bonds. The highest BCUT2D eigenvalue weighted by Crippen LogP contribution is 2.21. The molecule has 2 N–H and O–H groups in total. The largest absolute Gasteiger partial charge is 0.489 e. The lowest BCUT2D eigenvalue weighted by atomic mass is 9.97. The predicted octanol–water partition coefficient (Wildman–Crippen LogP) is 7.53. The molecular weight excluding hydrogens is 528 g/mol. The van der Waals surface area contributed by atoms with Gasteiger partial charge in [0.15, 0.2) is 5.78 Å². The monoisotopic (exact) mass is 566 g/mol. The molecule has 0 aliphatic carbocycles. The third-order valence-corrected chi connectivity index (χ3v) is 7.41. The highest BCUT2D eigenvalue weighted by molar-refractivity contribution is 5.95. The maximum absolute atomic E-state index is 14.1. The van der Waals surface area contributed by atoms with Crippen LogP contribution in [0, 0.1) is 0 Å². The van der Waals surface area contributed by atoms with Crippen LogP contribution in [0.4, 0.5) is 0 Å². The number of allylic oxidation sites excluding steroid dienone is 1. The molecule has 5 rings (SSSR count). The smallest absolute Gasteiger partial charge is 0.174 e. The Morgan fingerprint density at radius 3 is 1.58 bits per heavy atom. The number of ether oxygens (including phenoxy) is 1. The Balaban J connectivity index is 1.40. The molecule has 0 heterocycles. The minimum Gasteiger partial charge on any atom is -0.489 e. The maximum Gasteiger partial charge on any atom is 0.174 e. The van der Waals surface area contributed by atoms with Crippen LogP contribution >= 0.6 is 0 Å². The Kier molecular flexibility index (Phi) is 10.5. The van der Waals surface area contributed by atoms with E-state index in [2.05, 4.69) is 53.4 Å². The summed E-state index contributed by atoms with van der Waals surface area (Å²) < 4.78 is 6.01. The summed E-state index contributed by atoms with van der Waals surface area (Å²) in [6, 6.07) is 48.4. The van der Waals surface area contributed by atoms with E-state index in [4.69, 9.17) is 10.5 Å². The Morgan fingerprint density at radius 2 is 1.07 bits per heavy atom. The molecule has 5 aromatic rings. The van der Waals surface area contributed by atoms with Crippen LogP contribution in [0.2, 0.25) is 0 Å². The molecule has 0 spiro atoms. The number of nitrogens with zero attached hydrogens (tertiary/aromatic N) is 1. The van der Waals surface area contributed by atoms with Crippen LogP contribution < -0.4 is 10.5 Å². The number of carbonyl (C=O) groups is 1. The molecule has 0 fully saturated rings. The molecule has 0 aromatic heterocycles. The van der Waals surface area contributed by atoms with Crippen LogP contribution in [-0.2, 0) is 37.3 Å². The van der Waals surface area contributed by atoms with E-state index in [1.165, 1.54) is 0 Å². The van der Waals surface area contributed by atoms with E-state index in [-0.39, 0.29) is 5.78 Å². The van der Waals surface area contributed by atoms with Crippen molar-refractivity contribution in [1.29, 1.82) is 0 Å². The van der Waals surface area contributed by atoms with Crippen molar-refractivity contribution in [3.05, 3.63) is 185 Å². The van der Waals surface area contributed by atoms with Crippen LogP contribution in [0.3, 0.4) is 0 Å². The molecule has 0 aliphatic rings. The molecule has 0 bridgehead atoms. The average Bonchev–Trinajstić information content (AvgIpc) is 3.05. The van der Waals surface area contributed by atoms with E-state index in [0.717, 1.165) is 33.6 Å². The maximum atomic E-state index is 14.1. The third-order valence-electron chi connectivity index (χ3n) is 7.41. The lowest BCUT2D eigenvalue weighted by Gasteiger charge is -2.31. The molecule has 0 radical (unpaired) electrons. The summed E-state index contributed by atoms with van der Waals surface area (Å²) in [5.41, 5.74) is 12.6. The first-order valence-electron chi connectivity index (χ1n) is 14.7. The molecule has 4 nitrogen and oxygen atoms in total.